The molecule has 0 aliphatic carbocycles. The second-order valence-corrected chi connectivity index (χ2v) is 5.23. The number of nitrogens with one attached hydrogen (secondary N) is 3. The Bertz CT molecular complexity index is 1370. The SMILES string of the molecule is O=c1[nH]c(=O)c2nnc(N=Nc3c(O)[nH]c4ccc([N+](=O)[O-])cc34)nc2[nH]1. The van der Waals surface area contributed by atoms with Crippen molar-refractivity contribution in [3.8, 4) is 5.88 Å². The number of hydrogen-bond donors (Lipinski definition) is 4. The first-order valence-electron chi connectivity index (χ1n) is 7.20. The molecule has 4 rings (SSSR count). The maximum Gasteiger partial charge on any atom is 0.327 e. The lowest BCUT2D eigenvalue weighted by Crippen LogP contribution is -2.23. The van der Waals surface area contributed by atoms with E-state index in [0.717, 1.165) is 0 Å². The molecule has 14 heteroatoms. The molecule has 27 heavy (non-hydrogen) atoms. The number of fused-ring (bicyclic) bond motifs is 2. The summed E-state index contributed by atoms with van der Waals surface area (Å²) in [6.45, 7) is 0. The molecule has 14 nitrogen and oxygen atoms in total. The summed E-state index contributed by atoms with van der Waals surface area (Å²) in [6.07, 6.45) is 0. The first-order chi connectivity index (χ1) is 12.9. The van der Waals surface area contributed by atoms with Gasteiger partial charge in [0.25, 0.3) is 17.2 Å². The summed E-state index contributed by atoms with van der Waals surface area (Å²) < 4.78 is 0. The fourth-order valence-corrected chi connectivity index (χ4v) is 2.36. The molecular weight excluding hydrogens is 362 g/mol. The molecule has 0 saturated heterocycles. The molecule has 0 aliphatic rings. The quantitative estimate of drug-likeness (QED) is 0.231. The van der Waals surface area contributed by atoms with Gasteiger partial charge in [0.2, 0.25) is 5.88 Å². The predicted molar refractivity (Wildman–Crippen MR) is 89.4 cm³/mol. The minimum atomic E-state index is -0.780. The van der Waals surface area contributed by atoms with Crippen LogP contribution in [-0.4, -0.2) is 40.2 Å². The van der Waals surface area contributed by atoms with E-state index < -0.39 is 16.2 Å². The number of nitrogens with zero attached hydrogens (tertiary/aromatic N) is 6. The molecule has 3 aromatic heterocycles. The van der Waals surface area contributed by atoms with Crippen molar-refractivity contribution in [2.45, 2.75) is 0 Å². The van der Waals surface area contributed by atoms with Gasteiger partial charge < -0.3 is 10.1 Å². The standard InChI is InChI=1S/C13H7N9O5/c23-10-7(5-3-4(22(26)27)1-2-6(5)14-10)18-20-12-15-9-8(19-21-12)11(24)17-13(25)16-9/h1-3,14,23H,(H2,15,16,17,21,24,25). The highest BCUT2D eigenvalue weighted by atomic mass is 16.6. The number of nitro groups is 1. The van der Waals surface area contributed by atoms with E-state index in [-0.39, 0.29) is 39.8 Å². The molecule has 3 heterocycles. The summed E-state index contributed by atoms with van der Waals surface area (Å²) >= 11 is 0. The van der Waals surface area contributed by atoms with Crippen molar-refractivity contribution in [1.29, 1.82) is 0 Å². The zero-order valence-corrected chi connectivity index (χ0v) is 13.0. The summed E-state index contributed by atoms with van der Waals surface area (Å²) in [6, 6.07) is 3.90. The number of azo groups is 1. The predicted octanol–water partition coefficient (Wildman–Crippen LogP) is 0.912. The van der Waals surface area contributed by atoms with Gasteiger partial charge in [0.15, 0.2) is 16.9 Å². The number of hydrogen-bond acceptors (Lipinski definition) is 10. The van der Waals surface area contributed by atoms with Gasteiger partial charge in [-0.3, -0.25) is 24.9 Å². The normalized spacial score (nSPS) is 11.6. The maximum absolute atomic E-state index is 11.6. The van der Waals surface area contributed by atoms with E-state index in [1.54, 1.807) is 0 Å². The van der Waals surface area contributed by atoms with E-state index in [1.807, 2.05) is 4.98 Å². The third-order valence-electron chi connectivity index (χ3n) is 3.54. The van der Waals surface area contributed by atoms with Crippen LogP contribution in [0.2, 0.25) is 0 Å². The van der Waals surface area contributed by atoms with Crippen LogP contribution < -0.4 is 11.2 Å². The van der Waals surface area contributed by atoms with E-state index in [4.69, 9.17) is 0 Å². The summed E-state index contributed by atoms with van der Waals surface area (Å²) in [4.78, 5) is 43.9. The maximum atomic E-state index is 11.6. The molecule has 0 unspecified atom stereocenters. The van der Waals surface area contributed by atoms with E-state index in [9.17, 15) is 24.8 Å². The minimum Gasteiger partial charge on any atom is -0.493 e. The van der Waals surface area contributed by atoms with Crippen LogP contribution in [0.15, 0.2) is 38.0 Å². The van der Waals surface area contributed by atoms with Gasteiger partial charge in [-0.2, -0.15) is 4.98 Å². The lowest BCUT2D eigenvalue weighted by molar-refractivity contribution is -0.384. The lowest BCUT2D eigenvalue weighted by atomic mass is 10.2. The van der Waals surface area contributed by atoms with Crippen molar-refractivity contribution in [1.82, 2.24) is 30.1 Å². The molecule has 0 spiro atoms. The van der Waals surface area contributed by atoms with Gasteiger partial charge in [-0.15, -0.1) is 20.4 Å². The van der Waals surface area contributed by atoms with Crippen LogP contribution in [0, 0.1) is 10.1 Å². The Morgan fingerprint density at radius 2 is 1.93 bits per heavy atom. The van der Waals surface area contributed by atoms with Crippen molar-refractivity contribution in [2.24, 2.45) is 10.2 Å². The van der Waals surface area contributed by atoms with Crippen molar-refractivity contribution in [2.75, 3.05) is 0 Å². The van der Waals surface area contributed by atoms with Gasteiger partial charge >= 0.3 is 5.69 Å². The summed E-state index contributed by atoms with van der Waals surface area (Å²) in [5, 5.41) is 35.8. The highest BCUT2D eigenvalue weighted by Crippen LogP contribution is 2.37. The van der Waals surface area contributed by atoms with Gasteiger partial charge in [-0.25, -0.2) is 4.79 Å². The average Bonchev–Trinajstić information content (AvgIpc) is 2.93. The van der Waals surface area contributed by atoms with Gasteiger partial charge in [0.1, 0.15) is 0 Å². The largest absolute Gasteiger partial charge is 0.493 e. The number of aromatic nitrogens is 6. The summed E-state index contributed by atoms with van der Waals surface area (Å²) in [5.41, 5.74) is -1.75. The summed E-state index contributed by atoms with van der Waals surface area (Å²) in [5.74, 6) is -0.671. The molecule has 134 valence electrons. The molecular formula is C13H7N9O5. The van der Waals surface area contributed by atoms with Crippen LogP contribution in [-0.2, 0) is 0 Å². The molecule has 0 atom stereocenters. The third kappa shape index (κ3) is 2.76. The monoisotopic (exact) mass is 369 g/mol. The average molecular weight is 369 g/mol. The Labute approximate surface area is 145 Å². The molecule has 0 aliphatic heterocycles. The van der Waals surface area contributed by atoms with Crippen molar-refractivity contribution >= 4 is 39.4 Å². The number of non-ortho nitro benzene ring substituents is 1. The number of H-pyrrole nitrogens is 3. The van der Waals surface area contributed by atoms with E-state index in [2.05, 4.69) is 35.4 Å². The zero-order chi connectivity index (χ0) is 19.1. The smallest absolute Gasteiger partial charge is 0.327 e. The lowest BCUT2D eigenvalue weighted by Gasteiger charge is -1.95. The highest BCUT2D eigenvalue weighted by molar-refractivity contribution is 5.95. The number of rotatable bonds is 3. The van der Waals surface area contributed by atoms with Gasteiger partial charge in [0, 0.05) is 17.5 Å². The van der Waals surface area contributed by atoms with Crippen molar-refractivity contribution in [3.05, 3.63) is 49.2 Å². The fourth-order valence-electron chi connectivity index (χ4n) is 2.36. The molecule has 0 amide bonds. The van der Waals surface area contributed by atoms with Gasteiger partial charge in [-0.05, 0) is 6.07 Å². The van der Waals surface area contributed by atoms with E-state index >= 15 is 0 Å². The highest BCUT2D eigenvalue weighted by Gasteiger charge is 2.15. The van der Waals surface area contributed by atoms with E-state index in [0.29, 0.717) is 5.52 Å². The van der Waals surface area contributed by atoms with Crippen LogP contribution in [0.25, 0.3) is 22.1 Å². The Balaban J connectivity index is 1.80. The molecule has 0 radical (unpaired) electrons. The Hall–Kier alpha value is -4.49. The molecule has 1 aromatic carbocycles. The van der Waals surface area contributed by atoms with Crippen LogP contribution in [0.5, 0.6) is 5.88 Å². The molecule has 0 fully saturated rings. The summed E-state index contributed by atoms with van der Waals surface area (Å²) in [7, 11) is 0. The van der Waals surface area contributed by atoms with E-state index in [1.165, 1.54) is 18.2 Å². The van der Waals surface area contributed by atoms with Crippen LogP contribution in [0.1, 0.15) is 0 Å². The third-order valence-corrected chi connectivity index (χ3v) is 3.54. The minimum absolute atomic E-state index is 0.0724. The number of nitro benzene ring substituents is 1. The topological polar surface area (TPSA) is 208 Å². The number of aromatic hydroxyl groups is 1. The Kier molecular flexibility index (Phi) is 3.44. The second-order valence-electron chi connectivity index (χ2n) is 5.23. The van der Waals surface area contributed by atoms with Crippen molar-refractivity contribution < 1.29 is 10.0 Å². The van der Waals surface area contributed by atoms with Crippen LogP contribution in [0.3, 0.4) is 0 Å². The van der Waals surface area contributed by atoms with Gasteiger partial charge in [0.05, 0.1) is 10.4 Å². The van der Waals surface area contributed by atoms with Crippen LogP contribution >= 0.6 is 0 Å². The van der Waals surface area contributed by atoms with Crippen LogP contribution in [0.4, 0.5) is 17.3 Å². The molecule has 4 aromatic rings. The van der Waals surface area contributed by atoms with Crippen molar-refractivity contribution in [3.63, 3.8) is 0 Å². The Morgan fingerprint density at radius 3 is 2.70 bits per heavy atom. The van der Waals surface area contributed by atoms with Gasteiger partial charge in [-0.1, -0.05) is 0 Å². The number of benzene rings is 1. The zero-order valence-electron chi connectivity index (χ0n) is 13.0. The molecule has 0 bridgehead atoms. The molecule has 4 N–H and O–H groups in total. The Morgan fingerprint density at radius 1 is 1.11 bits per heavy atom. The molecule has 0 saturated carbocycles. The first-order valence-corrected chi connectivity index (χ1v) is 7.20. The first kappa shape index (κ1) is 16.0. The number of aromatic amines is 3. The second kappa shape index (κ2) is 5.80. The fraction of sp³-hybridized carbons (Fsp3) is 0.